The number of carboxylic acid groups (broad SMARTS) is 1. The molecule has 20 heavy (non-hydrogen) atoms. The number of nitrogens with one attached hydrogen (secondary N) is 1. The van der Waals surface area contributed by atoms with Gasteiger partial charge in [0.05, 0.1) is 6.61 Å². The number of benzene rings is 1. The molecule has 0 atom stereocenters. The molecule has 2 aromatic rings. The molecular weight excluding hydrogens is 258 g/mol. The molecule has 0 fully saturated rings. The van der Waals surface area contributed by atoms with Gasteiger partial charge in [0, 0.05) is 12.8 Å². The van der Waals surface area contributed by atoms with Crippen LogP contribution in [0.25, 0.3) is 0 Å². The summed E-state index contributed by atoms with van der Waals surface area (Å²) in [6.07, 6.45) is 0.778. The van der Waals surface area contributed by atoms with Crippen LogP contribution in [0, 0.1) is 0 Å². The molecule has 1 aromatic carbocycles. The van der Waals surface area contributed by atoms with Crippen LogP contribution in [0.2, 0.25) is 0 Å². The van der Waals surface area contributed by atoms with Gasteiger partial charge in [0.25, 0.3) is 0 Å². The zero-order valence-electron chi connectivity index (χ0n) is 11.0. The first kappa shape index (κ1) is 14.0. The van der Waals surface area contributed by atoms with Gasteiger partial charge >= 0.3 is 5.97 Å². The van der Waals surface area contributed by atoms with E-state index in [1.165, 1.54) is 6.07 Å². The van der Waals surface area contributed by atoms with Crippen LogP contribution >= 0.6 is 0 Å². The third-order valence-corrected chi connectivity index (χ3v) is 2.74. The lowest BCUT2D eigenvalue weighted by molar-refractivity contribution is 0.0689. The zero-order valence-corrected chi connectivity index (χ0v) is 11.0. The summed E-state index contributed by atoms with van der Waals surface area (Å²) in [5, 5.41) is 19.4. The first-order chi connectivity index (χ1) is 9.70. The number of para-hydroxylation sites is 1. The monoisotopic (exact) mass is 273 g/mol. The molecule has 6 heteroatoms. The van der Waals surface area contributed by atoms with E-state index in [9.17, 15) is 4.79 Å². The summed E-state index contributed by atoms with van der Waals surface area (Å²) in [6.45, 7) is 0.627. The molecule has 0 saturated heterocycles. The summed E-state index contributed by atoms with van der Waals surface area (Å²) < 4.78 is 5.07. The topological polar surface area (TPSA) is 84.3 Å². The van der Waals surface area contributed by atoms with Crippen LogP contribution in [0.3, 0.4) is 0 Å². The number of carbonyl (C=O) groups is 1. The third kappa shape index (κ3) is 3.52. The first-order valence-corrected chi connectivity index (χ1v) is 6.11. The van der Waals surface area contributed by atoms with Crippen molar-refractivity contribution < 1.29 is 14.6 Å². The fourth-order valence-electron chi connectivity index (χ4n) is 1.72. The van der Waals surface area contributed by atoms with Gasteiger partial charge in [-0.25, -0.2) is 4.79 Å². The highest BCUT2D eigenvalue weighted by Crippen LogP contribution is 2.19. The average Bonchev–Trinajstić information content (AvgIpc) is 2.47. The van der Waals surface area contributed by atoms with Crippen LogP contribution in [0.5, 0.6) is 0 Å². The van der Waals surface area contributed by atoms with E-state index in [-0.39, 0.29) is 5.69 Å². The van der Waals surface area contributed by atoms with Crippen LogP contribution < -0.4 is 5.32 Å². The molecule has 0 saturated carbocycles. The maximum Gasteiger partial charge on any atom is 0.356 e. The van der Waals surface area contributed by atoms with E-state index in [0.717, 1.165) is 17.7 Å². The molecule has 104 valence electrons. The summed E-state index contributed by atoms with van der Waals surface area (Å²) in [5.74, 6) is -0.593. The minimum Gasteiger partial charge on any atom is -0.476 e. The lowest BCUT2D eigenvalue weighted by Crippen LogP contribution is -2.05. The molecule has 0 aliphatic carbocycles. The minimum atomic E-state index is -1.09. The number of rotatable bonds is 6. The van der Waals surface area contributed by atoms with Gasteiger partial charge in [0.15, 0.2) is 11.5 Å². The molecule has 0 amide bonds. The number of carboxylic acids is 1. The molecular formula is C14H15N3O3. The van der Waals surface area contributed by atoms with Crippen molar-refractivity contribution in [2.75, 3.05) is 19.0 Å². The Morgan fingerprint density at radius 3 is 2.70 bits per heavy atom. The summed E-state index contributed by atoms with van der Waals surface area (Å²) in [5.41, 5.74) is 1.92. The van der Waals surface area contributed by atoms with Gasteiger partial charge in [0.2, 0.25) is 0 Å². The summed E-state index contributed by atoms with van der Waals surface area (Å²) in [7, 11) is 1.66. The van der Waals surface area contributed by atoms with Crippen molar-refractivity contribution >= 4 is 17.5 Å². The Bertz CT molecular complexity index is 584. The second kappa shape index (κ2) is 6.63. The smallest absolute Gasteiger partial charge is 0.356 e. The van der Waals surface area contributed by atoms with Crippen molar-refractivity contribution in [3.05, 3.63) is 47.7 Å². The second-order valence-corrected chi connectivity index (χ2v) is 4.13. The molecule has 0 unspecified atom stereocenters. The van der Waals surface area contributed by atoms with Crippen molar-refractivity contribution in [2.45, 2.75) is 6.42 Å². The fraction of sp³-hybridized carbons (Fsp3) is 0.214. The molecule has 2 N–H and O–H groups in total. The summed E-state index contributed by atoms with van der Waals surface area (Å²) >= 11 is 0. The Labute approximate surface area is 116 Å². The molecule has 1 aromatic heterocycles. The fourth-order valence-corrected chi connectivity index (χ4v) is 1.72. The Hall–Kier alpha value is -2.47. The largest absolute Gasteiger partial charge is 0.476 e. The minimum absolute atomic E-state index is 0.0804. The number of methoxy groups -OCH3 is 1. The van der Waals surface area contributed by atoms with Crippen LogP contribution in [0.4, 0.5) is 11.5 Å². The van der Waals surface area contributed by atoms with E-state index in [2.05, 4.69) is 15.5 Å². The van der Waals surface area contributed by atoms with Gasteiger partial charge in [-0.15, -0.1) is 10.2 Å². The van der Waals surface area contributed by atoms with Gasteiger partial charge in [-0.05, 0) is 30.2 Å². The Morgan fingerprint density at radius 1 is 1.25 bits per heavy atom. The first-order valence-electron chi connectivity index (χ1n) is 6.11. The van der Waals surface area contributed by atoms with Gasteiger partial charge in [-0.3, -0.25) is 0 Å². The normalized spacial score (nSPS) is 10.2. The van der Waals surface area contributed by atoms with Crippen LogP contribution in [-0.2, 0) is 11.2 Å². The molecule has 0 aliphatic heterocycles. The van der Waals surface area contributed by atoms with Gasteiger partial charge < -0.3 is 15.2 Å². The van der Waals surface area contributed by atoms with E-state index in [4.69, 9.17) is 9.84 Å². The van der Waals surface area contributed by atoms with Crippen molar-refractivity contribution in [3.63, 3.8) is 0 Å². The predicted octanol–water partition coefficient (Wildman–Crippen LogP) is 2.11. The quantitative estimate of drug-likeness (QED) is 0.838. The maximum atomic E-state index is 10.7. The van der Waals surface area contributed by atoms with Crippen LogP contribution in [-0.4, -0.2) is 35.0 Å². The molecule has 2 rings (SSSR count). The molecule has 1 heterocycles. The highest BCUT2D eigenvalue weighted by Gasteiger charge is 2.06. The highest BCUT2D eigenvalue weighted by atomic mass is 16.5. The summed E-state index contributed by atoms with van der Waals surface area (Å²) in [4.78, 5) is 10.7. The Morgan fingerprint density at radius 2 is 2.05 bits per heavy atom. The number of ether oxygens (including phenoxy) is 1. The second-order valence-electron chi connectivity index (χ2n) is 4.13. The Kier molecular flexibility index (Phi) is 4.62. The number of hydrogen-bond acceptors (Lipinski definition) is 5. The van der Waals surface area contributed by atoms with Crippen molar-refractivity contribution in [3.8, 4) is 0 Å². The van der Waals surface area contributed by atoms with Gasteiger partial charge in [-0.2, -0.15) is 0 Å². The maximum absolute atomic E-state index is 10.7. The number of anilines is 2. The number of nitrogens with zero attached hydrogens (tertiary/aromatic N) is 2. The van der Waals surface area contributed by atoms with Crippen LogP contribution in [0.1, 0.15) is 16.1 Å². The zero-order chi connectivity index (χ0) is 14.4. The lowest BCUT2D eigenvalue weighted by atomic mass is 10.1. The van der Waals surface area contributed by atoms with Crippen molar-refractivity contribution in [1.82, 2.24) is 10.2 Å². The highest BCUT2D eigenvalue weighted by molar-refractivity contribution is 5.85. The standard InChI is InChI=1S/C14H15N3O3/c1-20-9-8-10-4-2-3-5-11(10)15-13-7-6-12(14(18)19)16-17-13/h2-7H,8-9H2,1H3,(H,15,17)(H,18,19). The van der Waals surface area contributed by atoms with E-state index in [0.29, 0.717) is 12.4 Å². The molecule has 0 spiro atoms. The van der Waals surface area contributed by atoms with E-state index in [1.54, 1.807) is 13.2 Å². The lowest BCUT2D eigenvalue weighted by Gasteiger charge is -2.10. The van der Waals surface area contributed by atoms with Crippen molar-refractivity contribution in [1.29, 1.82) is 0 Å². The molecule has 0 radical (unpaired) electrons. The van der Waals surface area contributed by atoms with E-state index in [1.807, 2.05) is 24.3 Å². The summed E-state index contributed by atoms with van der Waals surface area (Å²) in [6, 6.07) is 10.8. The van der Waals surface area contributed by atoms with Gasteiger partial charge in [0.1, 0.15) is 0 Å². The molecule has 6 nitrogen and oxygen atoms in total. The van der Waals surface area contributed by atoms with E-state index < -0.39 is 5.97 Å². The molecule has 0 bridgehead atoms. The van der Waals surface area contributed by atoms with Crippen molar-refractivity contribution in [2.24, 2.45) is 0 Å². The van der Waals surface area contributed by atoms with Crippen LogP contribution in [0.15, 0.2) is 36.4 Å². The SMILES string of the molecule is COCCc1ccccc1Nc1ccc(C(=O)O)nn1. The number of hydrogen-bond donors (Lipinski definition) is 2. The van der Waals surface area contributed by atoms with E-state index >= 15 is 0 Å². The predicted molar refractivity (Wildman–Crippen MR) is 74.3 cm³/mol. The molecule has 0 aliphatic rings. The third-order valence-electron chi connectivity index (χ3n) is 2.74. The Balaban J connectivity index is 2.14. The average molecular weight is 273 g/mol. The number of aromatic nitrogens is 2. The van der Waals surface area contributed by atoms with Gasteiger partial charge in [-0.1, -0.05) is 18.2 Å². The number of aromatic carboxylic acids is 1.